The third-order valence-corrected chi connectivity index (χ3v) is 2.78. The predicted octanol–water partition coefficient (Wildman–Crippen LogP) is 2.91. The van der Waals surface area contributed by atoms with Gasteiger partial charge in [-0.1, -0.05) is 6.07 Å². The van der Waals surface area contributed by atoms with E-state index in [0.717, 1.165) is 12.3 Å². The third kappa shape index (κ3) is 4.51. The van der Waals surface area contributed by atoms with Gasteiger partial charge >= 0.3 is 6.18 Å². The molecule has 2 rings (SSSR count). The Balaban J connectivity index is 2.21. The average Bonchev–Trinajstić information content (AvgIpc) is 2.54. The molecule has 0 amide bonds. The first-order chi connectivity index (χ1) is 10.9. The van der Waals surface area contributed by atoms with Crippen molar-refractivity contribution in [2.24, 2.45) is 0 Å². The van der Waals surface area contributed by atoms with Crippen LogP contribution < -0.4 is 4.74 Å². The van der Waals surface area contributed by atoms with Crippen LogP contribution in [0.1, 0.15) is 22.0 Å². The molecule has 2 aromatic rings. The minimum Gasteiger partial charge on any atom is -0.468 e. The van der Waals surface area contributed by atoms with Crippen LogP contribution >= 0.6 is 0 Å². The Bertz CT molecular complexity index is 727. The molecule has 0 saturated carbocycles. The van der Waals surface area contributed by atoms with Crippen LogP contribution in [0.2, 0.25) is 0 Å². The first kappa shape index (κ1) is 16.4. The lowest BCUT2D eigenvalue weighted by molar-refractivity contribution is -0.154. The van der Waals surface area contributed by atoms with Gasteiger partial charge in [-0.15, -0.1) is 0 Å². The molecular formula is C15H10F3N3O2. The van der Waals surface area contributed by atoms with Gasteiger partial charge in [-0.05, 0) is 18.2 Å². The molecule has 0 bridgehead atoms. The van der Waals surface area contributed by atoms with E-state index in [1.54, 1.807) is 12.1 Å². The van der Waals surface area contributed by atoms with Crippen LogP contribution in [-0.4, -0.2) is 28.5 Å². The minimum absolute atomic E-state index is 0.0226. The number of hydrogen-bond donors (Lipinski definition) is 0. The molecule has 0 N–H and O–H groups in total. The second kappa shape index (κ2) is 6.87. The second-order valence-electron chi connectivity index (χ2n) is 4.47. The van der Waals surface area contributed by atoms with Crippen LogP contribution in [0.4, 0.5) is 13.2 Å². The van der Waals surface area contributed by atoms with E-state index in [-0.39, 0.29) is 17.1 Å². The number of carbonyl (C=O) groups excluding carboxylic acids is 1. The van der Waals surface area contributed by atoms with Gasteiger partial charge in [-0.25, -0.2) is 4.98 Å². The molecule has 0 aliphatic rings. The van der Waals surface area contributed by atoms with Crippen LogP contribution in [-0.2, 0) is 0 Å². The number of ether oxygens (including phenoxy) is 1. The molecule has 1 atom stereocenters. The second-order valence-corrected chi connectivity index (χ2v) is 4.47. The van der Waals surface area contributed by atoms with Crippen LogP contribution in [0.3, 0.4) is 0 Å². The Hall–Kier alpha value is -2.95. The molecular weight excluding hydrogens is 311 g/mol. The van der Waals surface area contributed by atoms with Crippen molar-refractivity contribution in [3.63, 3.8) is 0 Å². The first-order valence-electron chi connectivity index (χ1n) is 6.41. The topological polar surface area (TPSA) is 75.9 Å². The molecule has 0 fully saturated rings. The summed E-state index contributed by atoms with van der Waals surface area (Å²) in [6.07, 6.45) is -1.92. The summed E-state index contributed by atoms with van der Waals surface area (Å²) in [6.45, 7) is -1.51. The number of hydrogen-bond acceptors (Lipinski definition) is 5. The fourth-order valence-corrected chi connectivity index (χ4v) is 1.77. The smallest absolute Gasteiger partial charge is 0.422 e. The molecule has 0 aromatic carbocycles. The van der Waals surface area contributed by atoms with E-state index in [9.17, 15) is 23.2 Å². The zero-order chi connectivity index (χ0) is 16.9. The largest absolute Gasteiger partial charge is 0.468 e. The highest BCUT2D eigenvalue weighted by Gasteiger charge is 2.29. The van der Waals surface area contributed by atoms with Crippen molar-refractivity contribution >= 4 is 5.78 Å². The zero-order valence-electron chi connectivity index (χ0n) is 11.6. The van der Waals surface area contributed by atoms with Crippen LogP contribution in [0.5, 0.6) is 5.88 Å². The van der Waals surface area contributed by atoms with Gasteiger partial charge in [-0.3, -0.25) is 9.78 Å². The molecule has 2 heterocycles. The van der Waals surface area contributed by atoms with Crippen molar-refractivity contribution < 1.29 is 22.7 Å². The fraction of sp³-hybridized carbons (Fsp3) is 0.200. The predicted molar refractivity (Wildman–Crippen MR) is 72.7 cm³/mol. The van der Waals surface area contributed by atoms with Gasteiger partial charge in [0, 0.05) is 24.0 Å². The van der Waals surface area contributed by atoms with E-state index in [4.69, 9.17) is 0 Å². The summed E-state index contributed by atoms with van der Waals surface area (Å²) in [7, 11) is 0. The SMILES string of the molecule is N#C[C@@H](C(=O)c1ccnc(OCC(F)(F)F)c1)c1ccccn1. The quantitative estimate of drug-likeness (QED) is 0.792. The molecule has 8 heteroatoms. The number of nitriles is 1. The Kier molecular flexibility index (Phi) is 4.91. The summed E-state index contributed by atoms with van der Waals surface area (Å²) in [5.41, 5.74) is 0.281. The monoisotopic (exact) mass is 321 g/mol. The normalized spacial score (nSPS) is 12.3. The van der Waals surface area contributed by atoms with Gasteiger partial charge in [0.2, 0.25) is 5.88 Å². The Morgan fingerprint density at radius 3 is 2.65 bits per heavy atom. The molecule has 2 aromatic heterocycles. The minimum atomic E-state index is -4.51. The van der Waals surface area contributed by atoms with Gasteiger partial charge in [0.1, 0.15) is 0 Å². The van der Waals surface area contributed by atoms with E-state index in [1.807, 2.05) is 6.07 Å². The Labute approximate surface area is 129 Å². The molecule has 0 radical (unpaired) electrons. The standard InChI is InChI=1S/C15H10F3N3O2/c16-15(17,18)9-23-13-7-10(4-6-21-13)14(22)11(8-19)12-3-1-2-5-20-12/h1-7,11H,9H2/t11-/m1/s1. The van der Waals surface area contributed by atoms with Gasteiger partial charge < -0.3 is 4.74 Å². The van der Waals surface area contributed by atoms with Crippen molar-refractivity contribution in [1.29, 1.82) is 5.26 Å². The number of carbonyl (C=O) groups is 1. The van der Waals surface area contributed by atoms with Gasteiger partial charge in [0.05, 0.1) is 11.8 Å². The lowest BCUT2D eigenvalue weighted by Crippen LogP contribution is -2.20. The summed E-state index contributed by atoms with van der Waals surface area (Å²) < 4.78 is 40.9. The molecule has 118 valence electrons. The fourth-order valence-electron chi connectivity index (χ4n) is 1.77. The zero-order valence-corrected chi connectivity index (χ0v) is 11.6. The maximum absolute atomic E-state index is 12.4. The number of aromatic nitrogens is 2. The lowest BCUT2D eigenvalue weighted by Gasteiger charge is -2.10. The summed E-state index contributed by atoms with van der Waals surface area (Å²) in [6, 6.07) is 9.00. The molecule has 0 aliphatic heterocycles. The lowest BCUT2D eigenvalue weighted by atomic mass is 9.96. The summed E-state index contributed by atoms with van der Waals surface area (Å²) in [5, 5.41) is 9.18. The number of pyridine rings is 2. The maximum Gasteiger partial charge on any atom is 0.422 e. The van der Waals surface area contributed by atoms with Crippen molar-refractivity contribution in [2.45, 2.75) is 12.1 Å². The summed E-state index contributed by atoms with van der Waals surface area (Å²) >= 11 is 0. The highest BCUT2D eigenvalue weighted by molar-refractivity contribution is 6.02. The van der Waals surface area contributed by atoms with Gasteiger partial charge in [0.25, 0.3) is 0 Å². The van der Waals surface area contributed by atoms with Crippen LogP contribution in [0.25, 0.3) is 0 Å². The van der Waals surface area contributed by atoms with E-state index in [2.05, 4.69) is 14.7 Å². The van der Waals surface area contributed by atoms with Gasteiger partial charge in [-0.2, -0.15) is 18.4 Å². The van der Waals surface area contributed by atoms with E-state index in [0.29, 0.717) is 0 Å². The maximum atomic E-state index is 12.4. The highest BCUT2D eigenvalue weighted by Crippen LogP contribution is 2.22. The average molecular weight is 321 g/mol. The van der Waals surface area contributed by atoms with Crippen LogP contribution in [0, 0.1) is 11.3 Å². The van der Waals surface area contributed by atoms with Crippen molar-refractivity contribution in [1.82, 2.24) is 9.97 Å². The molecule has 23 heavy (non-hydrogen) atoms. The van der Waals surface area contributed by atoms with E-state index < -0.39 is 24.5 Å². The highest BCUT2D eigenvalue weighted by atomic mass is 19.4. The molecule has 0 aliphatic carbocycles. The third-order valence-electron chi connectivity index (χ3n) is 2.78. The Morgan fingerprint density at radius 1 is 1.26 bits per heavy atom. The number of alkyl halides is 3. The summed E-state index contributed by atoms with van der Waals surface area (Å²) in [5.74, 6) is -2.09. The van der Waals surface area contributed by atoms with Crippen molar-refractivity contribution in [3.05, 3.63) is 54.0 Å². The van der Waals surface area contributed by atoms with Crippen molar-refractivity contribution in [3.8, 4) is 11.9 Å². The van der Waals surface area contributed by atoms with E-state index >= 15 is 0 Å². The first-order valence-corrected chi connectivity index (χ1v) is 6.41. The molecule has 0 saturated heterocycles. The van der Waals surface area contributed by atoms with E-state index in [1.165, 1.54) is 18.3 Å². The number of ketones is 1. The number of rotatable bonds is 5. The van der Waals surface area contributed by atoms with Crippen molar-refractivity contribution in [2.75, 3.05) is 6.61 Å². The molecule has 0 spiro atoms. The molecule has 0 unspecified atom stereocenters. The Morgan fingerprint density at radius 2 is 2.04 bits per heavy atom. The number of nitrogens with zero attached hydrogens (tertiary/aromatic N) is 3. The summed E-state index contributed by atoms with van der Waals surface area (Å²) in [4.78, 5) is 19.9. The van der Waals surface area contributed by atoms with Gasteiger partial charge in [0.15, 0.2) is 18.3 Å². The number of halogens is 3. The number of Topliss-reactive ketones (excluding diaryl/α,β-unsaturated/α-hetero) is 1. The molecule has 5 nitrogen and oxygen atoms in total. The van der Waals surface area contributed by atoms with Crippen LogP contribution in [0.15, 0.2) is 42.7 Å².